The highest BCUT2D eigenvalue weighted by atomic mass is 16.5. The van der Waals surface area contributed by atoms with E-state index >= 15 is 0 Å². The van der Waals surface area contributed by atoms with Crippen LogP contribution in [0.4, 0.5) is 0 Å². The lowest BCUT2D eigenvalue weighted by Crippen LogP contribution is -2.34. The highest BCUT2D eigenvalue weighted by molar-refractivity contribution is 5.17. The van der Waals surface area contributed by atoms with Crippen molar-refractivity contribution in [2.24, 2.45) is 0 Å². The number of hydrogen-bond donors (Lipinski definition) is 3. The number of nitrogens with one attached hydrogen (secondary N) is 1. The molecule has 7 heteroatoms. The van der Waals surface area contributed by atoms with E-state index in [0.717, 1.165) is 5.56 Å². The van der Waals surface area contributed by atoms with E-state index in [0.29, 0.717) is 18.4 Å². The number of hydrogen-bond acceptors (Lipinski definition) is 5. The molecule has 1 aromatic heterocycles. The summed E-state index contributed by atoms with van der Waals surface area (Å²) in [4.78, 5) is 26.3. The molecule has 2 heterocycles. The third kappa shape index (κ3) is 3.48. The average Bonchev–Trinajstić information content (AvgIpc) is 2.95. The molecule has 3 rings (SSSR count). The molecular formula is C17H20N2O5. The van der Waals surface area contributed by atoms with E-state index in [1.54, 1.807) is 0 Å². The van der Waals surface area contributed by atoms with Crippen LogP contribution in [0.25, 0.3) is 0 Å². The molecule has 2 aromatic rings. The lowest BCUT2D eigenvalue weighted by atomic mass is 10.1. The van der Waals surface area contributed by atoms with Gasteiger partial charge in [0.2, 0.25) is 0 Å². The van der Waals surface area contributed by atoms with Gasteiger partial charge in [0.15, 0.2) is 0 Å². The van der Waals surface area contributed by atoms with Crippen LogP contribution in [0.5, 0.6) is 0 Å². The zero-order valence-electron chi connectivity index (χ0n) is 13.1. The zero-order chi connectivity index (χ0) is 17.1. The SMILES string of the molecule is O=c1[nH]c(=O)n([C@@H]2CC(O)[C@H](CO)O2)cc1CCc1ccccc1. The fourth-order valence-corrected chi connectivity index (χ4v) is 2.89. The number of aliphatic hydroxyl groups excluding tert-OH is 2. The van der Waals surface area contributed by atoms with Crippen LogP contribution < -0.4 is 11.2 Å². The molecule has 0 saturated carbocycles. The van der Waals surface area contributed by atoms with Gasteiger partial charge in [0.25, 0.3) is 5.56 Å². The smallest absolute Gasteiger partial charge is 0.330 e. The van der Waals surface area contributed by atoms with E-state index < -0.39 is 29.7 Å². The second-order valence-corrected chi connectivity index (χ2v) is 5.92. The zero-order valence-corrected chi connectivity index (χ0v) is 13.1. The second kappa shape index (κ2) is 7.12. The first-order valence-corrected chi connectivity index (χ1v) is 7.91. The first-order chi connectivity index (χ1) is 11.6. The van der Waals surface area contributed by atoms with Crippen LogP contribution in [0.1, 0.15) is 23.8 Å². The topological polar surface area (TPSA) is 105 Å². The largest absolute Gasteiger partial charge is 0.394 e. The van der Waals surface area contributed by atoms with Crippen molar-refractivity contribution in [2.75, 3.05) is 6.61 Å². The molecule has 1 saturated heterocycles. The van der Waals surface area contributed by atoms with E-state index in [1.165, 1.54) is 10.8 Å². The van der Waals surface area contributed by atoms with Gasteiger partial charge in [-0.15, -0.1) is 0 Å². The van der Waals surface area contributed by atoms with Gasteiger partial charge < -0.3 is 14.9 Å². The van der Waals surface area contributed by atoms with Gasteiger partial charge in [-0.25, -0.2) is 4.79 Å². The number of aliphatic hydroxyl groups is 2. The minimum absolute atomic E-state index is 0.190. The van der Waals surface area contributed by atoms with Crippen LogP contribution in [0.15, 0.2) is 46.1 Å². The van der Waals surface area contributed by atoms with Crippen LogP contribution in [0.2, 0.25) is 0 Å². The third-order valence-corrected chi connectivity index (χ3v) is 4.26. The Hall–Kier alpha value is -2.22. The lowest BCUT2D eigenvalue weighted by molar-refractivity contribution is -0.0460. The number of H-pyrrole nitrogens is 1. The first-order valence-electron chi connectivity index (χ1n) is 7.91. The maximum atomic E-state index is 12.0. The Balaban J connectivity index is 1.81. The predicted octanol–water partition coefficient (Wildman–Crippen LogP) is -0.0375. The number of nitrogens with zero attached hydrogens (tertiary/aromatic N) is 1. The molecule has 0 bridgehead atoms. The Kier molecular flexibility index (Phi) is 4.94. The molecule has 0 spiro atoms. The molecule has 24 heavy (non-hydrogen) atoms. The summed E-state index contributed by atoms with van der Waals surface area (Å²) in [6, 6.07) is 9.75. The van der Waals surface area contributed by atoms with Gasteiger partial charge in [0, 0.05) is 18.2 Å². The van der Waals surface area contributed by atoms with Crippen molar-refractivity contribution in [3.8, 4) is 0 Å². The highest BCUT2D eigenvalue weighted by Crippen LogP contribution is 2.27. The summed E-state index contributed by atoms with van der Waals surface area (Å²) in [6.07, 6.45) is 0.579. The summed E-state index contributed by atoms with van der Waals surface area (Å²) in [6.45, 7) is -0.323. The Labute approximate surface area is 138 Å². The van der Waals surface area contributed by atoms with Gasteiger partial charge >= 0.3 is 5.69 Å². The molecule has 1 fully saturated rings. The molecule has 128 valence electrons. The average molecular weight is 332 g/mol. The first kappa shape index (κ1) is 16.6. The molecule has 0 radical (unpaired) electrons. The molecule has 1 aromatic carbocycles. The van der Waals surface area contributed by atoms with Crippen molar-refractivity contribution in [1.29, 1.82) is 0 Å². The molecule has 0 aliphatic carbocycles. The molecule has 0 amide bonds. The van der Waals surface area contributed by atoms with Crippen molar-refractivity contribution in [2.45, 2.75) is 37.7 Å². The maximum Gasteiger partial charge on any atom is 0.330 e. The number of ether oxygens (including phenoxy) is 1. The molecule has 1 aliphatic heterocycles. The molecule has 1 unspecified atom stereocenters. The highest BCUT2D eigenvalue weighted by Gasteiger charge is 2.35. The standard InChI is InChI=1S/C17H20N2O5/c20-10-14-13(21)8-15(24-14)19-9-12(16(22)18-17(19)23)7-6-11-4-2-1-3-5-11/h1-5,9,13-15,20-21H,6-8,10H2,(H,18,22,23)/t13?,14-,15-/m0/s1. The fraction of sp³-hybridized carbons (Fsp3) is 0.412. The van der Waals surface area contributed by atoms with Gasteiger partial charge in [-0.05, 0) is 18.4 Å². The van der Waals surface area contributed by atoms with Crippen molar-refractivity contribution in [1.82, 2.24) is 9.55 Å². The summed E-state index contributed by atoms with van der Waals surface area (Å²) < 4.78 is 6.77. The molecular weight excluding hydrogens is 312 g/mol. The second-order valence-electron chi connectivity index (χ2n) is 5.92. The van der Waals surface area contributed by atoms with E-state index in [9.17, 15) is 14.7 Å². The Morgan fingerprint density at radius 2 is 1.96 bits per heavy atom. The lowest BCUT2D eigenvalue weighted by Gasteiger charge is -2.15. The van der Waals surface area contributed by atoms with E-state index in [-0.39, 0.29) is 13.0 Å². The molecule has 7 nitrogen and oxygen atoms in total. The monoisotopic (exact) mass is 332 g/mol. The summed E-state index contributed by atoms with van der Waals surface area (Å²) in [5, 5.41) is 19.0. The third-order valence-electron chi connectivity index (χ3n) is 4.26. The van der Waals surface area contributed by atoms with Gasteiger partial charge in [-0.3, -0.25) is 14.3 Å². The van der Waals surface area contributed by atoms with Gasteiger partial charge in [-0.2, -0.15) is 0 Å². The van der Waals surface area contributed by atoms with E-state index in [1.807, 2.05) is 30.3 Å². The van der Waals surface area contributed by atoms with Crippen molar-refractivity contribution >= 4 is 0 Å². The van der Waals surface area contributed by atoms with Crippen molar-refractivity contribution in [3.05, 3.63) is 68.5 Å². The number of benzene rings is 1. The number of aromatic amines is 1. The van der Waals surface area contributed by atoms with Crippen LogP contribution in [-0.4, -0.2) is 38.6 Å². The van der Waals surface area contributed by atoms with Crippen LogP contribution >= 0.6 is 0 Å². The summed E-state index contributed by atoms with van der Waals surface area (Å²) >= 11 is 0. The van der Waals surface area contributed by atoms with Crippen LogP contribution in [-0.2, 0) is 17.6 Å². The Bertz CT molecular complexity index is 799. The van der Waals surface area contributed by atoms with E-state index in [2.05, 4.69) is 4.98 Å². The van der Waals surface area contributed by atoms with Gasteiger partial charge in [0.05, 0.1) is 12.7 Å². The minimum atomic E-state index is -0.841. The van der Waals surface area contributed by atoms with Crippen molar-refractivity contribution in [3.63, 3.8) is 0 Å². The summed E-state index contributed by atoms with van der Waals surface area (Å²) in [5.41, 5.74) is 0.579. The van der Waals surface area contributed by atoms with Gasteiger partial charge in [0.1, 0.15) is 12.3 Å². The number of aryl methyl sites for hydroxylation is 2. The minimum Gasteiger partial charge on any atom is -0.394 e. The maximum absolute atomic E-state index is 12.0. The van der Waals surface area contributed by atoms with Crippen LogP contribution in [0.3, 0.4) is 0 Å². The normalized spacial score (nSPS) is 23.5. The summed E-state index contributed by atoms with van der Waals surface area (Å²) in [5.74, 6) is 0. The molecule has 3 atom stereocenters. The number of rotatable bonds is 5. The number of aromatic nitrogens is 2. The fourth-order valence-electron chi connectivity index (χ4n) is 2.89. The quantitative estimate of drug-likeness (QED) is 0.713. The summed E-state index contributed by atoms with van der Waals surface area (Å²) in [7, 11) is 0. The molecule has 3 N–H and O–H groups in total. The predicted molar refractivity (Wildman–Crippen MR) is 86.8 cm³/mol. The van der Waals surface area contributed by atoms with E-state index in [4.69, 9.17) is 9.84 Å². The Morgan fingerprint density at radius 1 is 1.21 bits per heavy atom. The van der Waals surface area contributed by atoms with Crippen LogP contribution in [0, 0.1) is 0 Å². The molecule has 1 aliphatic rings. The van der Waals surface area contributed by atoms with Gasteiger partial charge in [-0.1, -0.05) is 30.3 Å². The Morgan fingerprint density at radius 3 is 2.62 bits per heavy atom. The van der Waals surface area contributed by atoms with Crippen molar-refractivity contribution < 1.29 is 14.9 Å².